The lowest BCUT2D eigenvalue weighted by atomic mass is 10.1. The first-order valence-electron chi connectivity index (χ1n) is 10.1. The largest absolute Gasteiger partial charge is 0.493 e. The second-order valence-electron chi connectivity index (χ2n) is 7.06. The van der Waals surface area contributed by atoms with Crippen molar-refractivity contribution in [2.45, 2.75) is 58.3 Å². The van der Waals surface area contributed by atoms with Gasteiger partial charge >= 0.3 is 5.97 Å². The number of unbranched alkanes of at least 4 members (excludes halogenated alkanes) is 3. The first-order chi connectivity index (χ1) is 12.7. The first-order valence-corrected chi connectivity index (χ1v) is 10.1. The van der Waals surface area contributed by atoms with E-state index in [2.05, 4.69) is 11.8 Å². The molecule has 26 heavy (non-hydrogen) atoms. The Morgan fingerprint density at radius 1 is 1.08 bits per heavy atom. The molecule has 146 valence electrons. The molecule has 1 aliphatic heterocycles. The van der Waals surface area contributed by atoms with E-state index < -0.39 is 0 Å². The third-order valence-electron chi connectivity index (χ3n) is 4.78. The third kappa shape index (κ3) is 7.24. The van der Waals surface area contributed by atoms with E-state index in [1.807, 2.05) is 0 Å². The summed E-state index contributed by atoms with van der Waals surface area (Å²) in [6.45, 7) is 6.55. The van der Waals surface area contributed by atoms with Gasteiger partial charge in [0, 0.05) is 18.3 Å². The number of rotatable bonds is 11. The highest BCUT2D eigenvalue weighted by Gasteiger charge is 2.15. The fourth-order valence-corrected chi connectivity index (χ4v) is 3.25. The second kappa shape index (κ2) is 11.8. The molecule has 0 unspecified atom stereocenters. The van der Waals surface area contributed by atoms with E-state index in [4.69, 9.17) is 15.2 Å². The highest BCUT2D eigenvalue weighted by atomic mass is 16.5. The minimum atomic E-state index is -0.327. The molecule has 1 heterocycles. The zero-order valence-electron chi connectivity index (χ0n) is 16.2. The molecule has 5 nitrogen and oxygen atoms in total. The van der Waals surface area contributed by atoms with Crippen molar-refractivity contribution in [3.63, 3.8) is 0 Å². The predicted octanol–water partition coefficient (Wildman–Crippen LogP) is 4.26. The fraction of sp³-hybridized carbons (Fsp3) is 0.667. The van der Waals surface area contributed by atoms with Gasteiger partial charge in [-0.3, -0.25) is 0 Å². The summed E-state index contributed by atoms with van der Waals surface area (Å²) in [5.41, 5.74) is 6.90. The Labute approximate surface area is 157 Å². The molecule has 0 spiro atoms. The van der Waals surface area contributed by atoms with Crippen LogP contribution in [0.2, 0.25) is 0 Å². The molecule has 0 aliphatic carbocycles. The van der Waals surface area contributed by atoms with Gasteiger partial charge in [0.1, 0.15) is 11.3 Å². The maximum Gasteiger partial charge on any atom is 0.341 e. The Morgan fingerprint density at radius 2 is 1.88 bits per heavy atom. The van der Waals surface area contributed by atoms with Crippen LogP contribution in [0.25, 0.3) is 0 Å². The maximum atomic E-state index is 12.4. The van der Waals surface area contributed by atoms with Crippen LogP contribution in [0.15, 0.2) is 18.2 Å². The average molecular weight is 363 g/mol. The SMILES string of the molecule is CCCCCCOc1cc(N)ccc1C(=O)OCCCN1CCCCC1. The number of nitrogens with zero attached hydrogens (tertiary/aromatic N) is 1. The summed E-state index contributed by atoms with van der Waals surface area (Å²) in [5, 5.41) is 0. The van der Waals surface area contributed by atoms with E-state index in [0.717, 1.165) is 25.8 Å². The Bertz CT molecular complexity index is 542. The molecular formula is C21H34N2O3. The van der Waals surface area contributed by atoms with Crippen molar-refractivity contribution in [1.82, 2.24) is 4.90 Å². The Hall–Kier alpha value is -1.75. The molecule has 1 aromatic rings. The van der Waals surface area contributed by atoms with Crippen molar-refractivity contribution >= 4 is 11.7 Å². The Balaban J connectivity index is 1.77. The number of likely N-dealkylation sites (tertiary alicyclic amines) is 1. The van der Waals surface area contributed by atoms with Crippen molar-refractivity contribution in [2.75, 3.05) is 38.6 Å². The monoisotopic (exact) mass is 362 g/mol. The number of carbonyl (C=O) groups excluding carboxylic acids is 1. The fourth-order valence-electron chi connectivity index (χ4n) is 3.25. The number of nitrogens with two attached hydrogens (primary N) is 1. The highest BCUT2D eigenvalue weighted by molar-refractivity contribution is 5.93. The highest BCUT2D eigenvalue weighted by Crippen LogP contribution is 2.23. The summed E-state index contributed by atoms with van der Waals surface area (Å²) in [6.07, 6.45) is 9.27. The van der Waals surface area contributed by atoms with E-state index in [1.54, 1.807) is 18.2 Å². The van der Waals surface area contributed by atoms with Crippen LogP contribution in [0.4, 0.5) is 5.69 Å². The Morgan fingerprint density at radius 3 is 2.65 bits per heavy atom. The van der Waals surface area contributed by atoms with Crippen molar-refractivity contribution in [3.05, 3.63) is 23.8 Å². The zero-order valence-corrected chi connectivity index (χ0v) is 16.2. The van der Waals surface area contributed by atoms with Crippen LogP contribution in [0.1, 0.15) is 68.6 Å². The second-order valence-corrected chi connectivity index (χ2v) is 7.06. The van der Waals surface area contributed by atoms with Gasteiger partial charge in [0.05, 0.1) is 13.2 Å². The van der Waals surface area contributed by atoms with Crippen LogP contribution < -0.4 is 10.5 Å². The smallest absolute Gasteiger partial charge is 0.341 e. The molecule has 5 heteroatoms. The molecule has 0 aromatic heterocycles. The van der Waals surface area contributed by atoms with E-state index >= 15 is 0 Å². The first kappa shape index (κ1) is 20.6. The molecule has 0 saturated carbocycles. The standard InChI is InChI=1S/C21H34N2O3/c1-2-3-4-8-15-25-20-17-18(22)10-11-19(20)21(24)26-16-9-14-23-12-6-5-7-13-23/h10-11,17H,2-9,12-16,22H2,1H3. The van der Waals surface area contributed by atoms with Gasteiger partial charge in [0.2, 0.25) is 0 Å². The van der Waals surface area contributed by atoms with Crippen molar-refractivity contribution in [1.29, 1.82) is 0 Å². The molecular weight excluding hydrogens is 328 g/mol. The third-order valence-corrected chi connectivity index (χ3v) is 4.78. The number of anilines is 1. The lowest BCUT2D eigenvalue weighted by Crippen LogP contribution is -2.31. The van der Waals surface area contributed by atoms with Gasteiger partial charge in [-0.2, -0.15) is 0 Å². The number of esters is 1. The minimum Gasteiger partial charge on any atom is -0.493 e. The number of ether oxygens (including phenoxy) is 2. The normalized spacial score (nSPS) is 15.0. The number of piperidine rings is 1. The molecule has 1 aromatic carbocycles. The van der Waals surface area contributed by atoms with Gasteiger partial charge in [0.15, 0.2) is 0 Å². The Kier molecular flexibility index (Phi) is 9.32. The molecule has 0 radical (unpaired) electrons. The summed E-state index contributed by atoms with van der Waals surface area (Å²) in [6, 6.07) is 5.13. The van der Waals surface area contributed by atoms with Crippen molar-refractivity contribution in [3.8, 4) is 5.75 Å². The molecule has 1 aliphatic rings. The summed E-state index contributed by atoms with van der Waals surface area (Å²) in [7, 11) is 0. The molecule has 1 saturated heterocycles. The number of hydrogen-bond donors (Lipinski definition) is 1. The van der Waals surface area contributed by atoms with Gasteiger partial charge in [-0.1, -0.05) is 32.6 Å². The molecule has 0 bridgehead atoms. The van der Waals surface area contributed by atoms with Crippen LogP contribution in [0.5, 0.6) is 5.75 Å². The lowest BCUT2D eigenvalue weighted by Gasteiger charge is -2.26. The number of hydrogen-bond acceptors (Lipinski definition) is 5. The van der Waals surface area contributed by atoms with Crippen molar-refractivity contribution in [2.24, 2.45) is 0 Å². The molecule has 2 rings (SSSR count). The summed E-state index contributed by atoms with van der Waals surface area (Å²) >= 11 is 0. The van der Waals surface area contributed by atoms with Gasteiger partial charge in [-0.15, -0.1) is 0 Å². The predicted molar refractivity (Wildman–Crippen MR) is 106 cm³/mol. The molecule has 1 fully saturated rings. The summed E-state index contributed by atoms with van der Waals surface area (Å²) < 4.78 is 11.3. The average Bonchev–Trinajstić information content (AvgIpc) is 2.66. The van der Waals surface area contributed by atoms with Gasteiger partial charge in [-0.25, -0.2) is 4.79 Å². The van der Waals surface area contributed by atoms with Crippen LogP contribution in [0.3, 0.4) is 0 Å². The van der Waals surface area contributed by atoms with E-state index in [0.29, 0.717) is 30.2 Å². The molecule has 0 atom stereocenters. The van der Waals surface area contributed by atoms with Gasteiger partial charge in [-0.05, 0) is 50.9 Å². The van der Waals surface area contributed by atoms with Gasteiger partial charge < -0.3 is 20.1 Å². The summed E-state index contributed by atoms with van der Waals surface area (Å²) in [5.74, 6) is 0.203. The van der Waals surface area contributed by atoms with Crippen molar-refractivity contribution < 1.29 is 14.3 Å². The molecule has 0 amide bonds. The number of benzene rings is 1. The lowest BCUT2D eigenvalue weighted by molar-refractivity contribution is 0.0481. The molecule has 2 N–H and O–H groups in total. The van der Waals surface area contributed by atoms with E-state index in [-0.39, 0.29) is 5.97 Å². The number of nitrogen functional groups attached to an aromatic ring is 1. The van der Waals surface area contributed by atoms with Crippen LogP contribution in [-0.2, 0) is 4.74 Å². The van der Waals surface area contributed by atoms with E-state index in [1.165, 1.54) is 45.2 Å². The zero-order chi connectivity index (χ0) is 18.6. The quantitative estimate of drug-likeness (QED) is 0.362. The maximum absolute atomic E-state index is 12.4. The van der Waals surface area contributed by atoms with Crippen LogP contribution in [-0.4, -0.2) is 43.7 Å². The van der Waals surface area contributed by atoms with E-state index in [9.17, 15) is 4.79 Å². The topological polar surface area (TPSA) is 64.8 Å². The van der Waals surface area contributed by atoms with Crippen LogP contribution in [0, 0.1) is 0 Å². The van der Waals surface area contributed by atoms with Crippen LogP contribution >= 0.6 is 0 Å². The van der Waals surface area contributed by atoms with Gasteiger partial charge in [0.25, 0.3) is 0 Å². The number of carbonyl (C=O) groups is 1. The minimum absolute atomic E-state index is 0.327. The summed E-state index contributed by atoms with van der Waals surface area (Å²) in [4.78, 5) is 14.9.